The van der Waals surface area contributed by atoms with Crippen molar-refractivity contribution in [2.75, 3.05) is 6.61 Å². The van der Waals surface area contributed by atoms with Gasteiger partial charge in [-0.05, 0) is 56.3 Å². The standard InChI is InChI=1S/C16H18FNO2/c1-3-19-13-5-7-14(8-6-13)20-16-9-4-12(17)10-15(16)11(2)18/h4-11H,3,18H2,1-2H3/t11-/m0/s1. The quantitative estimate of drug-likeness (QED) is 0.895. The summed E-state index contributed by atoms with van der Waals surface area (Å²) in [6, 6.07) is 11.3. The Balaban J connectivity index is 2.21. The summed E-state index contributed by atoms with van der Waals surface area (Å²) in [5.74, 6) is 1.68. The molecule has 20 heavy (non-hydrogen) atoms. The van der Waals surface area contributed by atoms with Gasteiger partial charge >= 0.3 is 0 Å². The van der Waals surface area contributed by atoms with Crippen molar-refractivity contribution < 1.29 is 13.9 Å². The first kappa shape index (κ1) is 14.3. The van der Waals surface area contributed by atoms with Gasteiger partial charge in [0.15, 0.2) is 0 Å². The fourth-order valence-corrected chi connectivity index (χ4v) is 1.87. The van der Waals surface area contributed by atoms with Crippen molar-refractivity contribution in [1.82, 2.24) is 0 Å². The lowest BCUT2D eigenvalue weighted by atomic mass is 10.1. The first-order valence-electron chi connectivity index (χ1n) is 6.56. The van der Waals surface area contributed by atoms with Crippen molar-refractivity contribution in [2.45, 2.75) is 19.9 Å². The number of hydrogen-bond donors (Lipinski definition) is 1. The van der Waals surface area contributed by atoms with Crippen LogP contribution in [0.2, 0.25) is 0 Å². The van der Waals surface area contributed by atoms with Crippen LogP contribution in [0.4, 0.5) is 4.39 Å². The second kappa shape index (κ2) is 6.39. The van der Waals surface area contributed by atoms with Crippen molar-refractivity contribution in [3.05, 3.63) is 53.8 Å². The van der Waals surface area contributed by atoms with Gasteiger partial charge in [-0.15, -0.1) is 0 Å². The predicted molar refractivity (Wildman–Crippen MR) is 76.7 cm³/mol. The largest absolute Gasteiger partial charge is 0.494 e. The van der Waals surface area contributed by atoms with Crippen LogP contribution < -0.4 is 15.2 Å². The second-order valence-electron chi connectivity index (χ2n) is 4.48. The zero-order chi connectivity index (χ0) is 14.5. The third-order valence-electron chi connectivity index (χ3n) is 2.82. The molecule has 0 aliphatic carbocycles. The Morgan fingerprint density at radius 1 is 1.10 bits per heavy atom. The van der Waals surface area contributed by atoms with Crippen LogP contribution in [0.15, 0.2) is 42.5 Å². The summed E-state index contributed by atoms with van der Waals surface area (Å²) in [6.07, 6.45) is 0. The van der Waals surface area contributed by atoms with Gasteiger partial charge in [-0.3, -0.25) is 0 Å². The molecule has 0 spiro atoms. The molecule has 0 fully saturated rings. The summed E-state index contributed by atoms with van der Waals surface area (Å²) in [4.78, 5) is 0. The zero-order valence-electron chi connectivity index (χ0n) is 11.6. The average Bonchev–Trinajstić information content (AvgIpc) is 2.43. The lowest BCUT2D eigenvalue weighted by Crippen LogP contribution is -2.07. The lowest BCUT2D eigenvalue weighted by Gasteiger charge is -2.14. The van der Waals surface area contributed by atoms with Crippen molar-refractivity contribution in [1.29, 1.82) is 0 Å². The molecule has 3 nitrogen and oxygen atoms in total. The topological polar surface area (TPSA) is 44.5 Å². The van der Waals surface area contributed by atoms with Crippen LogP contribution in [-0.2, 0) is 0 Å². The molecule has 0 aliphatic heterocycles. The van der Waals surface area contributed by atoms with E-state index in [0.717, 1.165) is 5.75 Å². The van der Waals surface area contributed by atoms with Crippen molar-refractivity contribution in [2.24, 2.45) is 5.73 Å². The van der Waals surface area contributed by atoms with E-state index in [0.29, 0.717) is 23.7 Å². The van der Waals surface area contributed by atoms with Crippen LogP contribution in [0, 0.1) is 5.82 Å². The third kappa shape index (κ3) is 3.48. The van der Waals surface area contributed by atoms with Gasteiger partial charge in [-0.1, -0.05) is 0 Å². The molecule has 0 unspecified atom stereocenters. The minimum atomic E-state index is -0.323. The van der Waals surface area contributed by atoms with Crippen molar-refractivity contribution >= 4 is 0 Å². The highest BCUT2D eigenvalue weighted by atomic mass is 19.1. The van der Waals surface area contributed by atoms with Gasteiger partial charge in [0.05, 0.1) is 6.61 Å². The van der Waals surface area contributed by atoms with E-state index in [2.05, 4.69) is 0 Å². The Kier molecular flexibility index (Phi) is 4.58. The van der Waals surface area contributed by atoms with Crippen LogP contribution in [-0.4, -0.2) is 6.61 Å². The molecule has 0 aliphatic rings. The predicted octanol–water partition coefficient (Wildman–Crippen LogP) is 4.04. The molecule has 0 heterocycles. The Morgan fingerprint density at radius 3 is 2.35 bits per heavy atom. The molecule has 2 aromatic carbocycles. The van der Waals surface area contributed by atoms with E-state index in [1.165, 1.54) is 12.1 Å². The van der Waals surface area contributed by atoms with Crippen LogP contribution in [0.1, 0.15) is 25.5 Å². The highest BCUT2D eigenvalue weighted by molar-refractivity contribution is 5.41. The fourth-order valence-electron chi connectivity index (χ4n) is 1.87. The maximum absolute atomic E-state index is 13.3. The SMILES string of the molecule is CCOc1ccc(Oc2ccc(F)cc2[C@H](C)N)cc1. The first-order valence-corrected chi connectivity index (χ1v) is 6.56. The summed E-state index contributed by atoms with van der Waals surface area (Å²) in [7, 11) is 0. The summed E-state index contributed by atoms with van der Waals surface area (Å²) >= 11 is 0. The maximum atomic E-state index is 13.3. The van der Waals surface area contributed by atoms with Crippen LogP contribution >= 0.6 is 0 Å². The van der Waals surface area contributed by atoms with Gasteiger partial charge in [0.2, 0.25) is 0 Å². The lowest BCUT2D eigenvalue weighted by molar-refractivity contribution is 0.339. The van der Waals surface area contributed by atoms with Gasteiger partial charge in [0, 0.05) is 11.6 Å². The molecule has 0 saturated heterocycles. The van der Waals surface area contributed by atoms with Gasteiger partial charge < -0.3 is 15.2 Å². The number of rotatable bonds is 5. The molecule has 4 heteroatoms. The number of ether oxygens (including phenoxy) is 2. The highest BCUT2D eigenvalue weighted by Gasteiger charge is 2.10. The average molecular weight is 275 g/mol. The molecule has 1 atom stereocenters. The van der Waals surface area contributed by atoms with E-state index in [-0.39, 0.29) is 11.9 Å². The van der Waals surface area contributed by atoms with Crippen LogP contribution in [0.5, 0.6) is 17.2 Å². The van der Waals surface area contributed by atoms with E-state index < -0.39 is 0 Å². The molecule has 2 rings (SSSR count). The summed E-state index contributed by atoms with van der Waals surface area (Å²) in [6.45, 7) is 4.34. The summed E-state index contributed by atoms with van der Waals surface area (Å²) < 4.78 is 24.4. The van der Waals surface area contributed by atoms with Gasteiger partial charge in [0.25, 0.3) is 0 Å². The minimum absolute atomic E-state index is 0.302. The fraction of sp³-hybridized carbons (Fsp3) is 0.250. The van der Waals surface area contributed by atoms with E-state index in [9.17, 15) is 4.39 Å². The highest BCUT2D eigenvalue weighted by Crippen LogP contribution is 2.30. The summed E-state index contributed by atoms with van der Waals surface area (Å²) in [5.41, 5.74) is 6.47. The Hall–Kier alpha value is -2.07. The third-order valence-corrected chi connectivity index (χ3v) is 2.82. The monoisotopic (exact) mass is 275 g/mol. The second-order valence-corrected chi connectivity index (χ2v) is 4.48. The molecule has 0 bridgehead atoms. The smallest absolute Gasteiger partial charge is 0.132 e. The molecule has 0 saturated carbocycles. The van der Waals surface area contributed by atoms with E-state index in [1.54, 1.807) is 25.1 Å². The molecule has 0 aromatic heterocycles. The van der Waals surface area contributed by atoms with Crippen molar-refractivity contribution in [3.63, 3.8) is 0 Å². The summed E-state index contributed by atoms with van der Waals surface area (Å²) in [5, 5.41) is 0. The minimum Gasteiger partial charge on any atom is -0.494 e. The first-order chi connectivity index (χ1) is 9.60. The molecular formula is C16H18FNO2. The number of hydrogen-bond acceptors (Lipinski definition) is 3. The van der Waals surface area contributed by atoms with E-state index >= 15 is 0 Å². The normalized spacial score (nSPS) is 12.0. The number of nitrogens with two attached hydrogens (primary N) is 1. The van der Waals surface area contributed by atoms with E-state index in [1.807, 2.05) is 19.1 Å². The van der Waals surface area contributed by atoms with E-state index in [4.69, 9.17) is 15.2 Å². The number of benzene rings is 2. The molecule has 106 valence electrons. The van der Waals surface area contributed by atoms with Crippen molar-refractivity contribution in [3.8, 4) is 17.2 Å². The zero-order valence-corrected chi connectivity index (χ0v) is 11.6. The molecule has 2 N–H and O–H groups in total. The molecular weight excluding hydrogens is 257 g/mol. The number of halogens is 1. The van der Waals surface area contributed by atoms with Gasteiger partial charge in [0.1, 0.15) is 23.1 Å². The van der Waals surface area contributed by atoms with Gasteiger partial charge in [-0.2, -0.15) is 0 Å². The van der Waals surface area contributed by atoms with Crippen LogP contribution in [0.3, 0.4) is 0 Å². The maximum Gasteiger partial charge on any atom is 0.132 e. The Bertz CT molecular complexity index is 567. The Morgan fingerprint density at radius 2 is 1.75 bits per heavy atom. The molecule has 0 radical (unpaired) electrons. The molecule has 0 amide bonds. The molecule has 2 aromatic rings. The van der Waals surface area contributed by atoms with Crippen LogP contribution in [0.25, 0.3) is 0 Å². The van der Waals surface area contributed by atoms with Gasteiger partial charge in [-0.25, -0.2) is 4.39 Å². The Labute approximate surface area is 118 Å².